The Morgan fingerprint density at radius 3 is 2.60 bits per heavy atom. The average Bonchev–Trinajstić information content (AvgIpc) is 2.38. The van der Waals surface area contributed by atoms with Gasteiger partial charge in [-0.05, 0) is 31.5 Å². The van der Waals surface area contributed by atoms with Crippen molar-refractivity contribution in [3.05, 3.63) is 41.5 Å². The van der Waals surface area contributed by atoms with Crippen LogP contribution in [0, 0.1) is 6.92 Å². The Balaban J connectivity index is 1.88. The van der Waals surface area contributed by atoms with Crippen molar-refractivity contribution in [3.8, 4) is 0 Å². The summed E-state index contributed by atoms with van der Waals surface area (Å²) in [6.45, 7) is 8.65. The van der Waals surface area contributed by atoms with Gasteiger partial charge in [-0.25, -0.2) is 4.79 Å². The molecule has 0 unspecified atom stereocenters. The van der Waals surface area contributed by atoms with Crippen molar-refractivity contribution in [2.75, 3.05) is 37.6 Å². The van der Waals surface area contributed by atoms with E-state index in [1.54, 1.807) is 0 Å². The molecule has 0 bridgehead atoms. The summed E-state index contributed by atoms with van der Waals surface area (Å²) in [6, 6.07) is 8.57. The van der Waals surface area contributed by atoms with Crippen LogP contribution in [0.5, 0.6) is 0 Å². The van der Waals surface area contributed by atoms with E-state index in [2.05, 4.69) is 41.0 Å². The van der Waals surface area contributed by atoms with E-state index >= 15 is 0 Å². The van der Waals surface area contributed by atoms with E-state index < -0.39 is 5.97 Å². The van der Waals surface area contributed by atoms with Crippen LogP contribution in [0.2, 0.25) is 0 Å². The number of carboxylic acids is 1. The standard InChI is InChI=1S/C16H22N2O2/c1-13-4-3-5-15(10-13)18-8-6-17(7-9-18)12-14(2)11-16(19)20/h3-5,10-11H,6-9,12H2,1-2H3,(H,19,20). The molecule has 1 heterocycles. The van der Waals surface area contributed by atoms with Crippen LogP contribution >= 0.6 is 0 Å². The predicted octanol–water partition coefficient (Wildman–Crippen LogP) is 2.15. The lowest BCUT2D eigenvalue weighted by molar-refractivity contribution is -0.131. The van der Waals surface area contributed by atoms with E-state index in [4.69, 9.17) is 5.11 Å². The van der Waals surface area contributed by atoms with Gasteiger partial charge in [0.05, 0.1) is 0 Å². The minimum absolute atomic E-state index is 0.744. The molecule has 20 heavy (non-hydrogen) atoms. The first-order chi connectivity index (χ1) is 9.54. The molecule has 0 radical (unpaired) electrons. The third kappa shape index (κ3) is 4.10. The molecule has 0 saturated carbocycles. The van der Waals surface area contributed by atoms with Crippen molar-refractivity contribution < 1.29 is 9.90 Å². The maximum absolute atomic E-state index is 10.6. The molecule has 1 fully saturated rings. The molecule has 1 aromatic carbocycles. The fourth-order valence-electron chi connectivity index (χ4n) is 2.60. The van der Waals surface area contributed by atoms with Crippen molar-refractivity contribution in [1.82, 2.24) is 4.90 Å². The maximum atomic E-state index is 10.6. The molecule has 0 aliphatic carbocycles. The number of aryl methyl sites for hydroxylation is 1. The number of piperazine rings is 1. The summed E-state index contributed by atoms with van der Waals surface area (Å²) < 4.78 is 0. The van der Waals surface area contributed by atoms with Gasteiger partial charge in [0.15, 0.2) is 0 Å². The van der Waals surface area contributed by atoms with E-state index in [1.807, 2.05) is 6.92 Å². The quantitative estimate of drug-likeness (QED) is 0.854. The second-order valence-corrected chi connectivity index (χ2v) is 5.43. The predicted molar refractivity (Wildman–Crippen MR) is 81.2 cm³/mol. The van der Waals surface area contributed by atoms with E-state index in [0.717, 1.165) is 38.3 Å². The van der Waals surface area contributed by atoms with Crippen LogP contribution in [-0.4, -0.2) is 48.7 Å². The third-order valence-corrected chi connectivity index (χ3v) is 3.58. The lowest BCUT2D eigenvalue weighted by atomic mass is 10.2. The molecule has 1 N–H and O–H groups in total. The maximum Gasteiger partial charge on any atom is 0.328 e. The fraction of sp³-hybridized carbons (Fsp3) is 0.438. The van der Waals surface area contributed by atoms with E-state index in [9.17, 15) is 4.79 Å². The molecular formula is C16H22N2O2. The topological polar surface area (TPSA) is 43.8 Å². The van der Waals surface area contributed by atoms with Crippen molar-refractivity contribution >= 4 is 11.7 Å². The first-order valence-corrected chi connectivity index (χ1v) is 6.98. The fourth-order valence-corrected chi connectivity index (χ4v) is 2.60. The summed E-state index contributed by atoms with van der Waals surface area (Å²) >= 11 is 0. The van der Waals surface area contributed by atoms with Gasteiger partial charge >= 0.3 is 5.97 Å². The smallest absolute Gasteiger partial charge is 0.328 e. The first kappa shape index (κ1) is 14.6. The van der Waals surface area contributed by atoms with E-state index in [1.165, 1.54) is 17.3 Å². The minimum Gasteiger partial charge on any atom is -0.478 e. The zero-order valence-corrected chi connectivity index (χ0v) is 12.2. The second-order valence-electron chi connectivity index (χ2n) is 5.43. The minimum atomic E-state index is -0.860. The number of carbonyl (C=O) groups is 1. The number of anilines is 1. The number of benzene rings is 1. The number of aliphatic carboxylic acids is 1. The normalized spacial score (nSPS) is 17.3. The zero-order chi connectivity index (χ0) is 14.5. The molecule has 0 atom stereocenters. The number of carboxylic acid groups (broad SMARTS) is 1. The van der Waals surface area contributed by atoms with Gasteiger partial charge in [0.2, 0.25) is 0 Å². The van der Waals surface area contributed by atoms with Crippen molar-refractivity contribution in [2.24, 2.45) is 0 Å². The van der Waals surface area contributed by atoms with Gasteiger partial charge in [-0.1, -0.05) is 17.7 Å². The molecule has 1 aliphatic heterocycles. The highest BCUT2D eigenvalue weighted by atomic mass is 16.4. The molecule has 0 amide bonds. The van der Waals surface area contributed by atoms with Gasteiger partial charge in [0.1, 0.15) is 0 Å². The summed E-state index contributed by atoms with van der Waals surface area (Å²) in [5, 5.41) is 8.73. The van der Waals surface area contributed by atoms with Gasteiger partial charge in [-0.2, -0.15) is 0 Å². The number of hydrogen-bond donors (Lipinski definition) is 1. The molecular weight excluding hydrogens is 252 g/mol. The van der Waals surface area contributed by atoms with Crippen LogP contribution in [0.1, 0.15) is 12.5 Å². The Bertz CT molecular complexity index is 503. The molecule has 0 aromatic heterocycles. The molecule has 2 rings (SSSR count). The van der Waals surface area contributed by atoms with Crippen LogP contribution in [0.25, 0.3) is 0 Å². The van der Waals surface area contributed by atoms with Crippen molar-refractivity contribution in [1.29, 1.82) is 0 Å². The van der Waals surface area contributed by atoms with Crippen LogP contribution in [0.15, 0.2) is 35.9 Å². The Labute approximate surface area is 120 Å². The van der Waals surface area contributed by atoms with Crippen LogP contribution in [0.4, 0.5) is 5.69 Å². The van der Waals surface area contributed by atoms with Crippen LogP contribution < -0.4 is 4.90 Å². The summed E-state index contributed by atoms with van der Waals surface area (Å²) in [5.74, 6) is -0.860. The Hall–Kier alpha value is -1.81. The molecule has 1 saturated heterocycles. The zero-order valence-electron chi connectivity index (χ0n) is 12.2. The summed E-state index contributed by atoms with van der Waals surface area (Å²) in [5.41, 5.74) is 3.47. The van der Waals surface area contributed by atoms with Crippen molar-refractivity contribution in [3.63, 3.8) is 0 Å². The van der Waals surface area contributed by atoms with Gasteiger partial charge in [-0.15, -0.1) is 0 Å². The summed E-state index contributed by atoms with van der Waals surface area (Å²) in [4.78, 5) is 15.3. The second kappa shape index (κ2) is 6.57. The molecule has 0 spiro atoms. The average molecular weight is 274 g/mol. The summed E-state index contributed by atoms with van der Waals surface area (Å²) in [6.07, 6.45) is 1.30. The van der Waals surface area contributed by atoms with E-state index in [0.29, 0.717) is 0 Å². The summed E-state index contributed by atoms with van der Waals surface area (Å²) in [7, 11) is 0. The first-order valence-electron chi connectivity index (χ1n) is 6.98. The van der Waals surface area contributed by atoms with Crippen LogP contribution in [-0.2, 0) is 4.79 Å². The van der Waals surface area contributed by atoms with Gasteiger partial charge in [0, 0.05) is 44.5 Å². The van der Waals surface area contributed by atoms with E-state index in [-0.39, 0.29) is 0 Å². The number of rotatable bonds is 4. The number of hydrogen-bond acceptors (Lipinski definition) is 3. The molecule has 108 valence electrons. The molecule has 4 heteroatoms. The van der Waals surface area contributed by atoms with Crippen LogP contribution in [0.3, 0.4) is 0 Å². The number of nitrogens with zero attached hydrogens (tertiary/aromatic N) is 2. The molecule has 1 aromatic rings. The Kier molecular flexibility index (Phi) is 4.79. The SMILES string of the molecule is CC(=CC(=O)O)CN1CCN(c2cccc(C)c2)CC1. The Morgan fingerprint density at radius 2 is 2.00 bits per heavy atom. The van der Waals surface area contributed by atoms with Crippen molar-refractivity contribution in [2.45, 2.75) is 13.8 Å². The monoisotopic (exact) mass is 274 g/mol. The highest BCUT2D eigenvalue weighted by Gasteiger charge is 2.17. The molecule has 4 nitrogen and oxygen atoms in total. The molecule has 1 aliphatic rings. The third-order valence-electron chi connectivity index (χ3n) is 3.58. The Morgan fingerprint density at radius 1 is 1.30 bits per heavy atom. The lowest BCUT2D eigenvalue weighted by Crippen LogP contribution is -2.46. The highest BCUT2D eigenvalue weighted by molar-refractivity contribution is 5.80. The van der Waals surface area contributed by atoms with Gasteiger partial charge < -0.3 is 10.0 Å². The lowest BCUT2D eigenvalue weighted by Gasteiger charge is -2.36. The van der Waals surface area contributed by atoms with Gasteiger partial charge in [-0.3, -0.25) is 4.90 Å². The highest BCUT2D eigenvalue weighted by Crippen LogP contribution is 2.18. The van der Waals surface area contributed by atoms with Gasteiger partial charge in [0.25, 0.3) is 0 Å². The largest absolute Gasteiger partial charge is 0.478 e.